The molecule has 2 atom stereocenters. The lowest BCUT2D eigenvalue weighted by Crippen LogP contribution is -2.19. The van der Waals surface area contributed by atoms with Gasteiger partial charge >= 0.3 is 0 Å². The molecule has 0 aromatic heterocycles. The fourth-order valence-electron chi connectivity index (χ4n) is 3.90. The molecule has 0 aliphatic carbocycles. The molecule has 4 aromatic rings. The van der Waals surface area contributed by atoms with E-state index in [1.165, 1.54) is 84.9 Å². The zero-order valence-electron chi connectivity index (χ0n) is 20.0. The largest absolute Gasteiger partial charge is 0.227 e. The van der Waals surface area contributed by atoms with E-state index in [-0.39, 0.29) is 20.1 Å². The van der Waals surface area contributed by atoms with Crippen molar-refractivity contribution in [2.24, 2.45) is 0 Å². The number of halogens is 6. The van der Waals surface area contributed by atoms with E-state index in [4.69, 9.17) is 46.4 Å². The summed E-state index contributed by atoms with van der Waals surface area (Å²) in [5.41, 5.74) is 1.96. The number of sulfone groups is 1. The first kappa shape index (κ1) is 29.3. The number of hydrogen-bond acceptors (Lipinski definition) is 2. The maximum absolute atomic E-state index is 14.4. The molecule has 0 aliphatic heterocycles. The van der Waals surface area contributed by atoms with Crippen molar-refractivity contribution in [2.75, 3.05) is 0 Å². The normalized spacial score (nSPS) is 13.7. The number of hydrogen-bond donors (Lipinski definition) is 0. The fraction of sp³-hybridized carbons (Fsp3) is 0.0667. The third kappa shape index (κ3) is 7.30. The summed E-state index contributed by atoms with van der Waals surface area (Å²) in [4.78, 5) is 0. The molecule has 0 radical (unpaired) electrons. The van der Waals surface area contributed by atoms with Crippen LogP contribution in [-0.4, -0.2) is 8.42 Å². The second-order valence-electron chi connectivity index (χ2n) is 8.60. The zero-order chi connectivity index (χ0) is 28.2. The molecule has 0 saturated heterocycles. The monoisotopic (exact) mass is 622 g/mol. The maximum atomic E-state index is 14.4. The summed E-state index contributed by atoms with van der Waals surface area (Å²) in [7, 11) is -4.11. The Bertz CT molecular complexity index is 1520. The molecule has 0 aliphatic rings. The molecule has 2 unspecified atom stereocenters. The molecule has 0 spiro atoms. The van der Waals surface area contributed by atoms with Crippen LogP contribution in [0.25, 0.3) is 12.2 Å². The molecule has 39 heavy (non-hydrogen) atoms. The number of rotatable bonds is 8. The van der Waals surface area contributed by atoms with Crippen LogP contribution in [0, 0.1) is 11.6 Å². The molecule has 2 nitrogen and oxygen atoms in total. The van der Waals surface area contributed by atoms with E-state index in [0.717, 1.165) is 0 Å². The summed E-state index contributed by atoms with van der Waals surface area (Å²) in [5.74, 6) is -0.821. The summed E-state index contributed by atoms with van der Waals surface area (Å²) in [5, 5.41) is -1.44. The van der Waals surface area contributed by atoms with Crippen molar-refractivity contribution in [2.45, 2.75) is 10.5 Å². The Hall–Kier alpha value is -2.67. The predicted octanol–water partition coefficient (Wildman–Crippen LogP) is 10.2. The van der Waals surface area contributed by atoms with Crippen LogP contribution in [0.4, 0.5) is 8.78 Å². The van der Waals surface area contributed by atoms with Crippen LogP contribution < -0.4 is 0 Å². The molecular formula is C30H20Cl4F2O2S. The summed E-state index contributed by atoms with van der Waals surface area (Å²) in [6.07, 6.45) is 6.22. The molecule has 0 N–H and O–H groups in total. The summed E-state index contributed by atoms with van der Waals surface area (Å²) in [6, 6.07) is 20.5. The van der Waals surface area contributed by atoms with Crippen molar-refractivity contribution in [3.05, 3.63) is 151 Å². The quantitative estimate of drug-likeness (QED) is 0.196. The van der Waals surface area contributed by atoms with Crippen LogP contribution in [0.2, 0.25) is 20.1 Å². The zero-order valence-corrected chi connectivity index (χ0v) is 23.9. The van der Waals surface area contributed by atoms with E-state index >= 15 is 0 Å². The summed E-state index contributed by atoms with van der Waals surface area (Å²) >= 11 is 24.7. The molecule has 4 rings (SSSR count). The van der Waals surface area contributed by atoms with Gasteiger partial charge in [0.2, 0.25) is 0 Å². The highest BCUT2D eigenvalue weighted by molar-refractivity contribution is 7.92. The van der Waals surface area contributed by atoms with Crippen LogP contribution >= 0.6 is 46.4 Å². The Kier molecular flexibility index (Phi) is 9.52. The van der Waals surface area contributed by atoms with Gasteiger partial charge in [-0.1, -0.05) is 107 Å². The molecule has 4 aromatic carbocycles. The maximum Gasteiger partial charge on any atom is 0.171 e. The van der Waals surface area contributed by atoms with Gasteiger partial charge in [-0.3, -0.25) is 0 Å². The molecular weight excluding hydrogens is 604 g/mol. The Balaban J connectivity index is 1.86. The van der Waals surface area contributed by atoms with Crippen molar-refractivity contribution in [3.8, 4) is 0 Å². The molecule has 0 heterocycles. The van der Waals surface area contributed by atoms with Gasteiger partial charge in [0.15, 0.2) is 9.84 Å². The van der Waals surface area contributed by atoms with Gasteiger partial charge in [0.05, 0.1) is 20.1 Å². The fourth-order valence-corrected chi connectivity index (χ4v) is 6.48. The van der Waals surface area contributed by atoms with E-state index in [9.17, 15) is 17.2 Å². The standard InChI is InChI=1S/C30H20Cl4F2O2S/c31-25-13-7-21(17-27(25)33)29(15-5-19-1-9-23(35)10-2-19)39(37,38)30(22-8-14-26(32)28(34)18-22)16-6-20-3-11-24(36)12-4-20/h1-18,29-30H. The highest BCUT2D eigenvalue weighted by Gasteiger charge is 2.34. The predicted molar refractivity (Wildman–Crippen MR) is 158 cm³/mol. The first-order chi connectivity index (χ1) is 18.5. The van der Waals surface area contributed by atoms with E-state index < -0.39 is 32.0 Å². The first-order valence-corrected chi connectivity index (χ1v) is 14.7. The minimum absolute atomic E-state index is 0.192. The van der Waals surface area contributed by atoms with E-state index in [0.29, 0.717) is 22.3 Å². The van der Waals surface area contributed by atoms with Crippen LogP contribution in [0.15, 0.2) is 97.1 Å². The van der Waals surface area contributed by atoms with Gasteiger partial charge in [-0.25, -0.2) is 17.2 Å². The highest BCUT2D eigenvalue weighted by Crippen LogP contribution is 2.40. The van der Waals surface area contributed by atoms with Gasteiger partial charge in [0.25, 0.3) is 0 Å². The molecule has 200 valence electrons. The van der Waals surface area contributed by atoms with Crippen LogP contribution in [0.3, 0.4) is 0 Å². The third-order valence-corrected chi connectivity index (χ3v) is 9.67. The lowest BCUT2D eigenvalue weighted by atomic mass is 10.1. The van der Waals surface area contributed by atoms with Crippen LogP contribution in [-0.2, 0) is 9.84 Å². The van der Waals surface area contributed by atoms with Gasteiger partial charge in [-0.2, -0.15) is 0 Å². The average molecular weight is 624 g/mol. The Morgan fingerprint density at radius 1 is 0.538 bits per heavy atom. The molecule has 0 amide bonds. The Morgan fingerprint density at radius 3 is 1.23 bits per heavy atom. The van der Waals surface area contributed by atoms with E-state index in [1.807, 2.05) is 0 Å². The smallest absolute Gasteiger partial charge is 0.171 e. The minimum atomic E-state index is -4.11. The first-order valence-electron chi connectivity index (χ1n) is 11.5. The Labute approximate surface area is 246 Å². The second kappa shape index (κ2) is 12.7. The van der Waals surface area contributed by atoms with Crippen molar-refractivity contribution >= 4 is 68.4 Å². The molecule has 0 bridgehead atoms. The van der Waals surface area contributed by atoms with E-state index in [2.05, 4.69) is 0 Å². The van der Waals surface area contributed by atoms with E-state index in [1.54, 1.807) is 24.3 Å². The molecule has 0 saturated carbocycles. The van der Waals surface area contributed by atoms with Crippen molar-refractivity contribution in [3.63, 3.8) is 0 Å². The van der Waals surface area contributed by atoms with Gasteiger partial charge in [0.1, 0.15) is 22.1 Å². The van der Waals surface area contributed by atoms with Gasteiger partial charge < -0.3 is 0 Å². The lowest BCUT2D eigenvalue weighted by Gasteiger charge is -2.22. The van der Waals surface area contributed by atoms with Crippen molar-refractivity contribution in [1.29, 1.82) is 0 Å². The minimum Gasteiger partial charge on any atom is -0.227 e. The summed E-state index contributed by atoms with van der Waals surface area (Å²) in [6.45, 7) is 0. The lowest BCUT2D eigenvalue weighted by molar-refractivity contribution is 0.584. The molecule has 9 heteroatoms. The SMILES string of the molecule is O=S(=O)(C(C=Cc1ccc(F)cc1)c1ccc(Cl)c(Cl)c1)C(C=Cc1ccc(F)cc1)c1ccc(Cl)c(Cl)c1. The topological polar surface area (TPSA) is 34.1 Å². The average Bonchev–Trinajstić information content (AvgIpc) is 2.90. The highest BCUT2D eigenvalue weighted by atomic mass is 35.5. The van der Waals surface area contributed by atoms with Gasteiger partial charge in [-0.15, -0.1) is 0 Å². The van der Waals surface area contributed by atoms with Crippen molar-refractivity contribution < 1.29 is 17.2 Å². The molecule has 0 fully saturated rings. The Morgan fingerprint density at radius 2 is 0.897 bits per heavy atom. The summed E-state index contributed by atoms with van der Waals surface area (Å²) < 4.78 is 55.7. The van der Waals surface area contributed by atoms with Gasteiger partial charge in [-0.05, 0) is 70.8 Å². The second-order valence-corrected chi connectivity index (χ2v) is 12.4. The van der Waals surface area contributed by atoms with Crippen molar-refractivity contribution in [1.82, 2.24) is 0 Å². The van der Waals surface area contributed by atoms with Crippen LogP contribution in [0.1, 0.15) is 32.8 Å². The van der Waals surface area contributed by atoms with Gasteiger partial charge in [0, 0.05) is 0 Å². The van der Waals surface area contributed by atoms with Crippen LogP contribution in [0.5, 0.6) is 0 Å². The third-order valence-electron chi connectivity index (χ3n) is 5.92. The number of benzene rings is 4.